The molecule has 22 heavy (non-hydrogen) atoms. The number of rotatable bonds is 9. The SMILES string of the molecule is OCCCC(C(O)CCCC1CCCCC1)C1CCCCC1. The fourth-order valence-corrected chi connectivity index (χ4v) is 4.94. The van der Waals surface area contributed by atoms with Crippen LogP contribution in [0.1, 0.15) is 96.3 Å². The lowest BCUT2D eigenvalue weighted by molar-refractivity contribution is 0.0398. The van der Waals surface area contributed by atoms with Crippen LogP contribution in [-0.4, -0.2) is 22.9 Å². The van der Waals surface area contributed by atoms with Crippen molar-refractivity contribution in [1.29, 1.82) is 0 Å². The average molecular weight is 311 g/mol. The van der Waals surface area contributed by atoms with Gasteiger partial charge < -0.3 is 10.2 Å². The zero-order chi connectivity index (χ0) is 15.6. The molecule has 2 saturated carbocycles. The second kappa shape index (κ2) is 10.6. The van der Waals surface area contributed by atoms with Gasteiger partial charge >= 0.3 is 0 Å². The first-order valence-electron chi connectivity index (χ1n) is 10.1. The molecule has 2 N–H and O–H groups in total. The highest BCUT2D eigenvalue weighted by Crippen LogP contribution is 2.36. The van der Waals surface area contributed by atoms with Gasteiger partial charge in [0.2, 0.25) is 0 Å². The Hall–Kier alpha value is -0.0800. The molecule has 0 aromatic rings. The van der Waals surface area contributed by atoms with Gasteiger partial charge in [-0.3, -0.25) is 0 Å². The van der Waals surface area contributed by atoms with Crippen molar-refractivity contribution in [1.82, 2.24) is 0 Å². The average Bonchev–Trinajstić information content (AvgIpc) is 2.57. The van der Waals surface area contributed by atoms with E-state index in [0.717, 1.165) is 25.2 Å². The van der Waals surface area contributed by atoms with Crippen LogP contribution in [0.4, 0.5) is 0 Å². The van der Waals surface area contributed by atoms with Gasteiger partial charge in [0, 0.05) is 6.61 Å². The lowest BCUT2D eigenvalue weighted by atomic mass is 9.74. The smallest absolute Gasteiger partial charge is 0.0571 e. The molecule has 0 saturated heterocycles. The summed E-state index contributed by atoms with van der Waals surface area (Å²) in [6.45, 7) is 0.276. The second-order valence-electron chi connectivity index (χ2n) is 7.93. The van der Waals surface area contributed by atoms with Gasteiger partial charge in [-0.05, 0) is 37.0 Å². The van der Waals surface area contributed by atoms with Gasteiger partial charge in [0.05, 0.1) is 6.10 Å². The summed E-state index contributed by atoms with van der Waals surface area (Å²) in [5.41, 5.74) is 0. The quantitative estimate of drug-likeness (QED) is 0.624. The maximum Gasteiger partial charge on any atom is 0.0571 e. The Bertz CT molecular complexity index is 267. The summed E-state index contributed by atoms with van der Waals surface area (Å²) in [5.74, 6) is 2.09. The fourth-order valence-electron chi connectivity index (χ4n) is 4.94. The molecule has 2 aliphatic carbocycles. The molecule has 0 amide bonds. The van der Waals surface area contributed by atoms with Crippen molar-refractivity contribution in [2.24, 2.45) is 17.8 Å². The molecule has 0 radical (unpaired) electrons. The van der Waals surface area contributed by atoms with Crippen molar-refractivity contribution in [3.05, 3.63) is 0 Å². The van der Waals surface area contributed by atoms with Gasteiger partial charge in [-0.1, -0.05) is 77.0 Å². The van der Waals surface area contributed by atoms with Gasteiger partial charge in [-0.25, -0.2) is 0 Å². The molecule has 2 atom stereocenters. The van der Waals surface area contributed by atoms with Crippen LogP contribution in [0, 0.1) is 17.8 Å². The molecule has 0 aromatic carbocycles. The summed E-state index contributed by atoms with van der Waals surface area (Å²) >= 11 is 0. The topological polar surface area (TPSA) is 40.5 Å². The summed E-state index contributed by atoms with van der Waals surface area (Å²) in [5, 5.41) is 19.9. The van der Waals surface area contributed by atoms with E-state index in [4.69, 9.17) is 5.11 Å². The van der Waals surface area contributed by atoms with Crippen molar-refractivity contribution >= 4 is 0 Å². The summed E-state index contributed by atoms with van der Waals surface area (Å²) in [7, 11) is 0. The number of hydrogen-bond acceptors (Lipinski definition) is 2. The maximum atomic E-state index is 10.7. The molecule has 2 fully saturated rings. The van der Waals surface area contributed by atoms with Crippen molar-refractivity contribution in [3.8, 4) is 0 Å². The van der Waals surface area contributed by atoms with E-state index < -0.39 is 0 Å². The predicted octanol–water partition coefficient (Wildman–Crippen LogP) is 5.07. The van der Waals surface area contributed by atoms with E-state index in [2.05, 4.69) is 0 Å². The Labute approximate surface area is 137 Å². The summed E-state index contributed by atoms with van der Waals surface area (Å²) < 4.78 is 0. The van der Waals surface area contributed by atoms with Gasteiger partial charge in [-0.2, -0.15) is 0 Å². The first kappa shape index (κ1) is 18.3. The minimum Gasteiger partial charge on any atom is -0.396 e. The van der Waals surface area contributed by atoms with Crippen LogP contribution in [0.5, 0.6) is 0 Å². The summed E-state index contributed by atoms with van der Waals surface area (Å²) in [6, 6.07) is 0. The van der Waals surface area contributed by atoms with Crippen LogP contribution in [0.25, 0.3) is 0 Å². The minimum absolute atomic E-state index is 0.127. The third-order valence-corrected chi connectivity index (χ3v) is 6.28. The molecular formula is C20H38O2. The molecule has 2 nitrogen and oxygen atoms in total. The first-order chi connectivity index (χ1) is 10.8. The minimum atomic E-state index is -0.127. The van der Waals surface area contributed by atoms with Gasteiger partial charge in [0.1, 0.15) is 0 Å². The molecule has 2 aliphatic rings. The monoisotopic (exact) mass is 310 g/mol. The summed E-state index contributed by atoms with van der Waals surface area (Å²) in [6.07, 6.45) is 19.1. The van der Waals surface area contributed by atoms with Crippen LogP contribution in [0.2, 0.25) is 0 Å². The Kier molecular flexibility index (Phi) is 8.84. The van der Waals surface area contributed by atoms with Crippen molar-refractivity contribution < 1.29 is 10.2 Å². The van der Waals surface area contributed by atoms with Gasteiger partial charge in [0.25, 0.3) is 0 Å². The number of aliphatic hydroxyl groups is 2. The first-order valence-corrected chi connectivity index (χ1v) is 10.1. The van der Waals surface area contributed by atoms with Crippen molar-refractivity contribution in [2.45, 2.75) is 102 Å². The van der Waals surface area contributed by atoms with E-state index in [9.17, 15) is 5.11 Å². The van der Waals surface area contributed by atoms with Crippen molar-refractivity contribution in [2.75, 3.05) is 6.61 Å². The molecule has 0 heterocycles. The van der Waals surface area contributed by atoms with Crippen LogP contribution in [-0.2, 0) is 0 Å². The van der Waals surface area contributed by atoms with Gasteiger partial charge in [0.15, 0.2) is 0 Å². The number of hydrogen-bond donors (Lipinski definition) is 2. The molecule has 130 valence electrons. The third kappa shape index (κ3) is 6.20. The Morgan fingerprint density at radius 3 is 2.05 bits per heavy atom. The zero-order valence-corrected chi connectivity index (χ0v) is 14.5. The third-order valence-electron chi connectivity index (χ3n) is 6.28. The zero-order valence-electron chi connectivity index (χ0n) is 14.5. The van der Waals surface area contributed by atoms with E-state index in [1.165, 1.54) is 77.0 Å². The molecular weight excluding hydrogens is 272 g/mol. The maximum absolute atomic E-state index is 10.7. The standard InChI is InChI=1S/C20H38O2/c21-16-8-14-19(18-12-5-2-6-13-18)20(22)15-7-11-17-9-3-1-4-10-17/h17-22H,1-16H2. The van der Waals surface area contributed by atoms with Gasteiger partial charge in [-0.15, -0.1) is 0 Å². The molecule has 0 aliphatic heterocycles. The highest BCUT2D eigenvalue weighted by atomic mass is 16.3. The largest absolute Gasteiger partial charge is 0.396 e. The molecule has 0 bridgehead atoms. The van der Waals surface area contributed by atoms with E-state index in [0.29, 0.717) is 11.8 Å². The second-order valence-corrected chi connectivity index (χ2v) is 7.93. The van der Waals surface area contributed by atoms with Crippen LogP contribution in [0.3, 0.4) is 0 Å². The Morgan fingerprint density at radius 1 is 0.773 bits per heavy atom. The lowest BCUT2D eigenvalue weighted by Gasteiger charge is -2.34. The summed E-state index contributed by atoms with van der Waals surface area (Å²) in [4.78, 5) is 0. The molecule has 2 unspecified atom stereocenters. The van der Waals surface area contributed by atoms with Crippen LogP contribution >= 0.6 is 0 Å². The Morgan fingerprint density at radius 2 is 1.41 bits per heavy atom. The Balaban J connectivity index is 1.72. The molecule has 0 spiro atoms. The van der Waals surface area contributed by atoms with Crippen molar-refractivity contribution in [3.63, 3.8) is 0 Å². The lowest BCUT2D eigenvalue weighted by Crippen LogP contribution is -2.30. The van der Waals surface area contributed by atoms with E-state index in [1.54, 1.807) is 0 Å². The van der Waals surface area contributed by atoms with E-state index in [-0.39, 0.29) is 12.7 Å². The normalized spacial score (nSPS) is 24.3. The molecule has 2 heteroatoms. The predicted molar refractivity (Wildman–Crippen MR) is 92.8 cm³/mol. The van der Waals surface area contributed by atoms with E-state index >= 15 is 0 Å². The van der Waals surface area contributed by atoms with Crippen LogP contribution in [0.15, 0.2) is 0 Å². The van der Waals surface area contributed by atoms with E-state index in [1.807, 2.05) is 0 Å². The van der Waals surface area contributed by atoms with Crippen LogP contribution < -0.4 is 0 Å². The fraction of sp³-hybridized carbons (Fsp3) is 1.00. The molecule has 2 rings (SSSR count). The highest BCUT2D eigenvalue weighted by Gasteiger charge is 2.29. The number of aliphatic hydroxyl groups excluding tert-OH is 2. The highest BCUT2D eigenvalue weighted by molar-refractivity contribution is 4.80. The molecule has 0 aromatic heterocycles.